The molecule has 7 nitrogen and oxygen atoms in total. The van der Waals surface area contributed by atoms with E-state index in [0.717, 1.165) is 22.3 Å². The van der Waals surface area contributed by atoms with E-state index < -0.39 is 16.1 Å². The molecule has 212 valence electrons. The van der Waals surface area contributed by atoms with Crippen molar-refractivity contribution in [2.45, 2.75) is 31.8 Å². The number of halogens is 1. The lowest BCUT2D eigenvalue weighted by Crippen LogP contribution is -2.18. The smallest absolute Gasteiger partial charge is 0.340 e. The van der Waals surface area contributed by atoms with E-state index in [1.165, 1.54) is 12.1 Å². The maximum atomic E-state index is 13.4. The second kappa shape index (κ2) is 13.0. The summed E-state index contributed by atoms with van der Waals surface area (Å²) in [4.78, 5) is 13.4. The van der Waals surface area contributed by atoms with Crippen LogP contribution >= 0.6 is 12.4 Å². The number of esters is 1. The topological polar surface area (TPSA) is 86.6 Å². The minimum Gasteiger partial charge on any atom is -0.462 e. The van der Waals surface area contributed by atoms with Crippen molar-refractivity contribution in [1.29, 1.82) is 0 Å². The van der Waals surface area contributed by atoms with E-state index in [4.69, 9.17) is 8.92 Å². The molecule has 0 unspecified atom stereocenters. The van der Waals surface area contributed by atoms with Gasteiger partial charge >= 0.3 is 16.1 Å². The Kier molecular flexibility index (Phi) is 9.50. The fourth-order valence-corrected chi connectivity index (χ4v) is 5.57. The summed E-state index contributed by atoms with van der Waals surface area (Å²) in [5.41, 5.74) is 4.70. The molecule has 4 aromatic carbocycles. The molecule has 0 aliphatic rings. The lowest BCUT2D eigenvalue weighted by Gasteiger charge is -2.13. The molecular formula is C32H31ClN2O5S. The van der Waals surface area contributed by atoms with E-state index in [-0.39, 0.29) is 29.7 Å². The number of rotatable bonds is 10. The largest absolute Gasteiger partial charge is 0.462 e. The molecule has 0 spiro atoms. The van der Waals surface area contributed by atoms with Crippen molar-refractivity contribution in [3.63, 3.8) is 0 Å². The molecule has 0 aliphatic heterocycles. The number of nitrogens with one attached hydrogen (secondary N) is 1. The van der Waals surface area contributed by atoms with Gasteiger partial charge in [-0.3, -0.25) is 0 Å². The first-order valence-electron chi connectivity index (χ1n) is 13.0. The van der Waals surface area contributed by atoms with Crippen LogP contribution in [0.25, 0.3) is 16.6 Å². The van der Waals surface area contributed by atoms with Crippen LogP contribution in [0.3, 0.4) is 0 Å². The number of carbonyl (C=O) groups is 1. The summed E-state index contributed by atoms with van der Waals surface area (Å²) in [5, 5.41) is 3.99. The Morgan fingerprint density at radius 1 is 0.854 bits per heavy atom. The predicted octanol–water partition coefficient (Wildman–Crippen LogP) is 6.59. The predicted molar refractivity (Wildman–Crippen MR) is 162 cm³/mol. The highest BCUT2D eigenvalue weighted by molar-refractivity contribution is 7.87. The maximum Gasteiger partial charge on any atom is 0.340 e. The number of para-hydroxylation sites is 1. The zero-order valence-corrected chi connectivity index (χ0v) is 24.4. The Labute approximate surface area is 246 Å². The molecule has 0 aliphatic carbocycles. The number of nitrogens with zero attached hydrogens (tertiary/aromatic N) is 1. The quantitative estimate of drug-likeness (QED) is 0.146. The van der Waals surface area contributed by atoms with Gasteiger partial charge in [-0.05, 0) is 61.9 Å². The van der Waals surface area contributed by atoms with Crippen molar-refractivity contribution in [2.75, 3.05) is 6.61 Å². The van der Waals surface area contributed by atoms with Crippen molar-refractivity contribution in [2.24, 2.45) is 0 Å². The van der Waals surface area contributed by atoms with Gasteiger partial charge < -0.3 is 18.8 Å². The standard InChI is InChI=1S/C32H30N2O5S.ClH/c1-3-38-32(35)31-28-20-26(39-40(36,37)27-17-14-23(2)15-18-27)16-19-29(28)34(25-12-8-5-9-13-25)30(31)22-33-21-24-10-6-4-7-11-24;/h4-20,33H,3,21-22H2,1-2H3;1H. The first-order valence-corrected chi connectivity index (χ1v) is 14.4. The van der Waals surface area contributed by atoms with E-state index in [0.29, 0.717) is 29.7 Å². The van der Waals surface area contributed by atoms with Crippen LogP contribution in [-0.4, -0.2) is 25.6 Å². The number of hydrogen-bond acceptors (Lipinski definition) is 6. The number of aromatic nitrogens is 1. The fraction of sp³-hybridized carbons (Fsp3) is 0.156. The third-order valence-corrected chi connectivity index (χ3v) is 7.77. The molecule has 0 radical (unpaired) electrons. The molecule has 5 aromatic rings. The molecule has 5 rings (SSSR count). The first-order chi connectivity index (χ1) is 19.4. The van der Waals surface area contributed by atoms with Crippen LogP contribution in [0.15, 0.2) is 108 Å². The molecular weight excluding hydrogens is 560 g/mol. The van der Waals surface area contributed by atoms with Crippen LogP contribution in [0.2, 0.25) is 0 Å². The summed E-state index contributed by atoms with van der Waals surface area (Å²) in [6.45, 7) is 4.80. The van der Waals surface area contributed by atoms with Crippen LogP contribution in [-0.2, 0) is 27.9 Å². The molecule has 9 heteroatoms. The van der Waals surface area contributed by atoms with Gasteiger partial charge in [0.15, 0.2) is 0 Å². The van der Waals surface area contributed by atoms with E-state index >= 15 is 0 Å². The van der Waals surface area contributed by atoms with Gasteiger partial charge in [0.25, 0.3) is 0 Å². The Hall–Kier alpha value is -4.11. The summed E-state index contributed by atoms with van der Waals surface area (Å²) >= 11 is 0. The van der Waals surface area contributed by atoms with Crippen LogP contribution in [0.1, 0.15) is 34.1 Å². The number of hydrogen-bond donors (Lipinski definition) is 1. The van der Waals surface area contributed by atoms with Crippen molar-refractivity contribution in [3.05, 3.63) is 126 Å². The van der Waals surface area contributed by atoms with Crippen LogP contribution in [0, 0.1) is 6.92 Å². The van der Waals surface area contributed by atoms with Crippen LogP contribution in [0.4, 0.5) is 0 Å². The Balaban J connectivity index is 0.00000387. The molecule has 0 atom stereocenters. The van der Waals surface area contributed by atoms with E-state index in [1.807, 2.05) is 72.2 Å². The number of fused-ring (bicyclic) bond motifs is 1. The zero-order chi connectivity index (χ0) is 28.1. The molecule has 1 aromatic heterocycles. The van der Waals surface area contributed by atoms with Crippen molar-refractivity contribution >= 4 is 39.4 Å². The van der Waals surface area contributed by atoms with Crippen molar-refractivity contribution in [1.82, 2.24) is 9.88 Å². The van der Waals surface area contributed by atoms with Gasteiger partial charge in [-0.25, -0.2) is 4.79 Å². The SMILES string of the molecule is CCOC(=O)c1c(CNCc2ccccc2)n(-c2ccccc2)c2ccc(OS(=O)(=O)c3ccc(C)cc3)cc12.Cl. The molecule has 0 saturated carbocycles. The van der Waals surface area contributed by atoms with Gasteiger partial charge in [0, 0.05) is 24.2 Å². The van der Waals surface area contributed by atoms with Gasteiger partial charge in [-0.1, -0.05) is 66.2 Å². The van der Waals surface area contributed by atoms with Crippen molar-refractivity contribution < 1.29 is 22.1 Å². The van der Waals surface area contributed by atoms with Gasteiger partial charge in [-0.15, -0.1) is 12.4 Å². The van der Waals surface area contributed by atoms with Gasteiger partial charge in [0.1, 0.15) is 10.6 Å². The van der Waals surface area contributed by atoms with Crippen molar-refractivity contribution in [3.8, 4) is 11.4 Å². The van der Waals surface area contributed by atoms with Crippen LogP contribution < -0.4 is 9.50 Å². The third kappa shape index (κ3) is 6.62. The number of ether oxygens (including phenoxy) is 1. The Morgan fingerprint density at radius 3 is 2.17 bits per heavy atom. The second-order valence-electron chi connectivity index (χ2n) is 9.33. The molecule has 1 N–H and O–H groups in total. The Morgan fingerprint density at radius 2 is 1.51 bits per heavy atom. The summed E-state index contributed by atoms with van der Waals surface area (Å²) in [5.74, 6) is -0.384. The minimum absolute atomic E-state index is 0. The van der Waals surface area contributed by atoms with Gasteiger partial charge in [0.2, 0.25) is 0 Å². The molecule has 1 heterocycles. The van der Waals surface area contributed by atoms with Crippen LogP contribution in [0.5, 0.6) is 5.75 Å². The summed E-state index contributed by atoms with van der Waals surface area (Å²) in [6.07, 6.45) is 0. The van der Waals surface area contributed by atoms with Gasteiger partial charge in [0.05, 0.1) is 23.4 Å². The lowest BCUT2D eigenvalue weighted by molar-refractivity contribution is 0.0527. The monoisotopic (exact) mass is 590 g/mol. The summed E-state index contributed by atoms with van der Waals surface area (Å²) < 4.78 is 39.0. The molecule has 0 amide bonds. The Bertz CT molecular complexity index is 1740. The van der Waals surface area contributed by atoms with E-state index in [1.54, 1.807) is 37.3 Å². The van der Waals surface area contributed by atoms with Gasteiger partial charge in [-0.2, -0.15) is 8.42 Å². The lowest BCUT2D eigenvalue weighted by atomic mass is 10.1. The van der Waals surface area contributed by atoms with E-state index in [9.17, 15) is 13.2 Å². The number of aryl methyl sites for hydroxylation is 1. The summed E-state index contributed by atoms with van der Waals surface area (Å²) in [6, 6.07) is 31.1. The number of benzene rings is 4. The molecule has 0 bridgehead atoms. The highest BCUT2D eigenvalue weighted by atomic mass is 35.5. The fourth-order valence-electron chi connectivity index (χ4n) is 4.65. The minimum atomic E-state index is -4.08. The first kappa shape index (κ1) is 29.9. The average Bonchev–Trinajstić information content (AvgIpc) is 3.27. The highest BCUT2D eigenvalue weighted by Crippen LogP contribution is 2.34. The number of carbonyl (C=O) groups excluding carboxylic acids is 1. The molecule has 41 heavy (non-hydrogen) atoms. The normalized spacial score (nSPS) is 11.2. The summed E-state index contributed by atoms with van der Waals surface area (Å²) in [7, 11) is -4.08. The maximum absolute atomic E-state index is 13.4. The third-order valence-electron chi connectivity index (χ3n) is 6.51. The van der Waals surface area contributed by atoms with E-state index in [2.05, 4.69) is 5.32 Å². The second-order valence-corrected chi connectivity index (χ2v) is 10.9. The molecule has 0 fully saturated rings. The average molecular weight is 591 g/mol. The molecule has 0 saturated heterocycles. The highest BCUT2D eigenvalue weighted by Gasteiger charge is 2.26. The zero-order valence-electron chi connectivity index (χ0n) is 22.7.